The number of imidazole rings is 1. The highest BCUT2D eigenvalue weighted by atomic mass is 32.1. The molecule has 3 rings (SSSR count). The first-order chi connectivity index (χ1) is 9.68. The highest BCUT2D eigenvalue weighted by Gasteiger charge is 2.31. The van der Waals surface area contributed by atoms with Crippen molar-refractivity contribution in [2.24, 2.45) is 0 Å². The molecule has 1 atom stereocenters. The van der Waals surface area contributed by atoms with Crippen LogP contribution in [0, 0.1) is 0 Å². The Kier molecular flexibility index (Phi) is 4.10. The van der Waals surface area contributed by atoms with Crippen molar-refractivity contribution >= 4 is 16.3 Å². The molecule has 0 spiro atoms. The van der Waals surface area contributed by atoms with Gasteiger partial charge in [0.15, 0.2) is 4.96 Å². The fraction of sp³-hybridized carbons (Fsp3) is 0.667. The highest BCUT2D eigenvalue weighted by molar-refractivity contribution is 7.15. The van der Waals surface area contributed by atoms with E-state index in [2.05, 4.69) is 23.0 Å². The Balaban J connectivity index is 1.67. The van der Waals surface area contributed by atoms with E-state index >= 15 is 0 Å². The van der Waals surface area contributed by atoms with Crippen LogP contribution in [0.15, 0.2) is 17.8 Å². The predicted octanol–water partition coefficient (Wildman–Crippen LogP) is 2.57. The highest BCUT2D eigenvalue weighted by Crippen LogP contribution is 2.27. The number of rotatable bonds is 4. The molecule has 1 saturated heterocycles. The molecular weight excluding hydrogens is 270 g/mol. The molecule has 4 nitrogen and oxygen atoms in total. The molecule has 2 aromatic rings. The molecule has 0 aliphatic carbocycles. The molecule has 0 aromatic carbocycles. The third-order valence-corrected chi connectivity index (χ3v) is 4.97. The number of nitrogens with zero attached hydrogens (tertiary/aromatic N) is 3. The first-order valence-corrected chi connectivity index (χ1v) is 8.42. The van der Waals surface area contributed by atoms with Crippen molar-refractivity contribution in [3.8, 4) is 0 Å². The molecule has 2 aromatic heterocycles. The average molecular weight is 293 g/mol. The largest absolute Gasteiger partial charge is 0.389 e. The van der Waals surface area contributed by atoms with E-state index < -0.39 is 5.60 Å². The lowest BCUT2D eigenvalue weighted by Crippen LogP contribution is -2.33. The van der Waals surface area contributed by atoms with Crippen LogP contribution in [0.2, 0.25) is 0 Å². The van der Waals surface area contributed by atoms with Crippen molar-refractivity contribution in [2.75, 3.05) is 19.6 Å². The van der Waals surface area contributed by atoms with Gasteiger partial charge in [-0.3, -0.25) is 4.40 Å². The molecule has 1 unspecified atom stereocenters. The lowest BCUT2D eigenvalue weighted by atomic mass is 9.90. The van der Waals surface area contributed by atoms with Crippen LogP contribution in [0.4, 0.5) is 0 Å². The number of fused-ring (bicyclic) bond motifs is 1. The van der Waals surface area contributed by atoms with Crippen molar-refractivity contribution in [1.82, 2.24) is 14.3 Å². The summed E-state index contributed by atoms with van der Waals surface area (Å²) >= 11 is 1.64. The van der Waals surface area contributed by atoms with Crippen LogP contribution in [-0.2, 0) is 6.42 Å². The predicted molar refractivity (Wildman–Crippen MR) is 82.3 cm³/mol. The summed E-state index contributed by atoms with van der Waals surface area (Å²) in [6.45, 7) is 5.49. The maximum atomic E-state index is 10.9. The van der Waals surface area contributed by atoms with E-state index in [0.717, 1.165) is 49.6 Å². The van der Waals surface area contributed by atoms with Gasteiger partial charge in [0.25, 0.3) is 0 Å². The fourth-order valence-electron chi connectivity index (χ4n) is 3.15. The van der Waals surface area contributed by atoms with Gasteiger partial charge in [-0.1, -0.05) is 6.92 Å². The van der Waals surface area contributed by atoms with Gasteiger partial charge in [0.2, 0.25) is 0 Å². The Hall–Kier alpha value is -0.910. The van der Waals surface area contributed by atoms with Gasteiger partial charge >= 0.3 is 0 Å². The van der Waals surface area contributed by atoms with E-state index in [-0.39, 0.29) is 0 Å². The van der Waals surface area contributed by atoms with Gasteiger partial charge in [-0.25, -0.2) is 4.98 Å². The Morgan fingerprint density at radius 1 is 1.40 bits per heavy atom. The number of likely N-dealkylation sites (tertiary alicyclic amines) is 1. The van der Waals surface area contributed by atoms with Crippen LogP contribution >= 0.6 is 11.3 Å². The van der Waals surface area contributed by atoms with Crippen LogP contribution in [0.25, 0.3) is 4.96 Å². The number of aromatic nitrogens is 2. The summed E-state index contributed by atoms with van der Waals surface area (Å²) in [5, 5.41) is 12.9. The van der Waals surface area contributed by atoms with E-state index in [1.807, 2.05) is 16.0 Å². The van der Waals surface area contributed by atoms with Crippen LogP contribution in [0.3, 0.4) is 0 Å². The Morgan fingerprint density at radius 2 is 2.30 bits per heavy atom. The molecule has 20 heavy (non-hydrogen) atoms. The zero-order chi connectivity index (χ0) is 14.0. The van der Waals surface area contributed by atoms with E-state index in [4.69, 9.17) is 0 Å². The number of hydrogen-bond donors (Lipinski definition) is 1. The van der Waals surface area contributed by atoms with Gasteiger partial charge in [-0.2, -0.15) is 0 Å². The normalized spacial score (nSPS) is 25.1. The van der Waals surface area contributed by atoms with Crippen molar-refractivity contribution < 1.29 is 5.11 Å². The standard InChI is InChI=1S/C15H23N3OS/c1-2-6-17-7-3-4-15(19,5-8-17)11-13-12-18-9-10-20-14(18)16-13/h9-10,12,19H,2-8,11H2,1H3. The maximum Gasteiger partial charge on any atom is 0.193 e. The molecule has 1 N–H and O–H groups in total. The van der Waals surface area contributed by atoms with Gasteiger partial charge in [0.05, 0.1) is 11.3 Å². The zero-order valence-electron chi connectivity index (χ0n) is 12.1. The van der Waals surface area contributed by atoms with E-state index in [9.17, 15) is 5.11 Å². The van der Waals surface area contributed by atoms with E-state index in [1.165, 1.54) is 6.42 Å². The molecule has 0 saturated carbocycles. The summed E-state index contributed by atoms with van der Waals surface area (Å²) in [5.74, 6) is 0. The van der Waals surface area contributed by atoms with Crippen molar-refractivity contribution in [1.29, 1.82) is 0 Å². The molecule has 0 radical (unpaired) electrons. The molecular formula is C15H23N3OS. The van der Waals surface area contributed by atoms with Gasteiger partial charge in [0.1, 0.15) is 0 Å². The smallest absolute Gasteiger partial charge is 0.193 e. The Bertz CT molecular complexity index is 536. The molecule has 1 fully saturated rings. The van der Waals surface area contributed by atoms with Crippen molar-refractivity contribution in [2.45, 2.75) is 44.6 Å². The molecule has 0 amide bonds. The van der Waals surface area contributed by atoms with Crippen LogP contribution in [0.5, 0.6) is 0 Å². The van der Waals surface area contributed by atoms with Crippen molar-refractivity contribution in [3.05, 3.63) is 23.5 Å². The van der Waals surface area contributed by atoms with Crippen LogP contribution in [0.1, 0.15) is 38.3 Å². The third-order valence-electron chi connectivity index (χ3n) is 4.20. The van der Waals surface area contributed by atoms with Crippen LogP contribution in [-0.4, -0.2) is 44.6 Å². The number of aliphatic hydroxyl groups is 1. The molecule has 0 bridgehead atoms. The summed E-state index contributed by atoms with van der Waals surface area (Å²) in [4.78, 5) is 8.10. The zero-order valence-corrected chi connectivity index (χ0v) is 12.9. The molecule has 5 heteroatoms. The summed E-state index contributed by atoms with van der Waals surface area (Å²) in [6.07, 6.45) is 8.78. The topological polar surface area (TPSA) is 40.8 Å². The van der Waals surface area contributed by atoms with E-state index in [0.29, 0.717) is 6.42 Å². The monoisotopic (exact) mass is 293 g/mol. The second kappa shape index (κ2) is 5.84. The summed E-state index contributed by atoms with van der Waals surface area (Å²) in [7, 11) is 0. The number of hydrogen-bond acceptors (Lipinski definition) is 4. The van der Waals surface area contributed by atoms with Gasteiger partial charge in [-0.15, -0.1) is 11.3 Å². The van der Waals surface area contributed by atoms with Gasteiger partial charge in [0, 0.05) is 30.7 Å². The lowest BCUT2D eigenvalue weighted by molar-refractivity contribution is 0.0249. The third kappa shape index (κ3) is 3.05. The summed E-state index contributed by atoms with van der Waals surface area (Å²) in [6, 6.07) is 0. The molecule has 110 valence electrons. The van der Waals surface area contributed by atoms with Crippen LogP contribution < -0.4 is 0 Å². The summed E-state index contributed by atoms with van der Waals surface area (Å²) < 4.78 is 2.05. The van der Waals surface area contributed by atoms with Gasteiger partial charge in [-0.05, 0) is 38.8 Å². The van der Waals surface area contributed by atoms with Crippen molar-refractivity contribution in [3.63, 3.8) is 0 Å². The second-order valence-corrected chi connectivity index (χ2v) is 6.79. The molecule has 3 heterocycles. The SMILES string of the molecule is CCCN1CCCC(O)(Cc2cn3ccsc3n2)CC1. The minimum atomic E-state index is -0.577. The summed E-state index contributed by atoms with van der Waals surface area (Å²) in [5.41, 5.74) is 0.440. The Morgan fingerprint density at radius 3 is 3.10 bits per heavy atom. The van der Waals surface area contributed by atoms with E-state index in [1.54, 1.807) is 11.3 Å². The first-order valence-electron chi connectivity index (χ1n) is 7.54. The second-order valence-electron chi connectivity index (χ2n) is 5.92. The quantitative estimate of drug-likeness (QED) is 0.942. The minimum Gasteiger partial charge on any atom is -0.389 e. The maximum absolute atomic E-state index is 10.9. The first kappa shape index (κ1) is 14.0. The molecule has 1 aliphatic heterocycles. The number of thiazole rings is 1. The lowest BCUT2D eigenvalue weighted by Gasteiger charge is -2.26. The fourth-order valence-corrected chi connectivity index (χ4v) is 3.87. The minimum absolute atomic E-state index is 0.577. The Labute approximate surface area is 124 Å². The van der Waals surface area contributed by atoms with Gasteiger partial charge < -0.3 is 10.0 Å². The molecule has 1 aliphatic rings. The average Bonchev–Trinajstić information content (AvgIpc) is 2.91.